The minimum absolute atomic E-state index is 0.0146. The van der Waals surface area contributed by atoms with Crippen molar-refractivity contribution in [1.82, 2.24) is 15.0 Å². The van der Waals surface area contributed by atoms with Gasteiger partial charge >= 0.3 is 0 Å². The molecule has 138 valence electrons. The van der Waals surface area contributed by atoms with Crippen molar-refractivity contribution in [3.05, 3.63) is 40.8 Å². The molecule has 4 atom stereocenters. The normalized spacial score (nSPS) is 25.7. The minimum atomic E-state index is -1.05. The van der Waals surface area contributed by atoms with Crippen molar-refractivity contribution in [3.63, 3.8) is 0 Å². The lowest BCUT2D eigenvalue weighted by Gasteiger charge is -2.20. The maximum Gasteiger partial charge on any atom is 0.223 e. The zero-order chi connectivity index (χ0) is 18.7. The van der Waals surface area contributed by atoms with E-state index < -0.39 is 24.2 Å². The topological polar surface area (TPSA) is 137 Å². The van der Waals surface area contributed by atoms with Crippen LogP contribution in [0, 0.1) is 5.92 Å². The molecule has 26 heavy (non-hydrogen) atoms. The summed E-state index contributed by atoms with van der Waals surface area (Å²) >= 11 is 6.21. The number of halogens is 1. The largest absolute Gasteiger partial charge is 0.396 e. The molecule has 1 saturated carbocycles. The van der Waals surface area contributed by atoms with Crippen molar-refractivity contribution in [2.75, 3.05) is 17.7 Å². The molecule has 0 spiro atoms. The van der Waals surface area contributed by atoms with Gasteiger partial charge in [0.15, 0.2) is 0 Å². The number of nitrogens with zero attached hydrogens (tertiary/aromatic N) is 3. The molecule has 6 N–H and O–H groups in total. The van der Waals surface area contributed by atoms with Gasteiger partial charge in [0.1, 0.15) is 17.1 Å². The number of aliphatic hydroxyl groups excluding tert-OH is 3. The van der Waals surface area contributed by atoms with E-state index in [1.807, 2.05) is 18.2 Å². The summed E-state index contributed by atoms with van der Waals surface area (Å²) in [7, 11) is 0. The van der Waals surface area contributed by atoms with Gasteiger partial charge in [-0.15, -0.1) is 0 Å². The van der Waals surface area contributed by atoms with Crippen LogP contribution in [0.1, 0.15) is 17.7 Å². The fourth-order valence-corrected chi connectivity index (χ4v) is 3.22. The molecule has 2 aromatic heterocycles. The van der Waals surface area contributed by atoms with E-state index in [0.29, 0.717) is 17.8 Å². The van der Waals surface area contributed by atoms with Gasteiger partial charge in [0, 0.05) is 18.7 Å². The van der Waals surface area contributed by atoms with Crippen LogP contribution in [0.5, 0.6) is 0 Å². The SMILES string of the molecule is Nc1nc(Cl)c(/C=C/c2ccccn2)c(N[C@@H]2C[C@H](CO)[C@@H](O)[C@H]2O)n1. The third kappa shape index (κ3) is 3.94. The van der Waals surface area contributed by atoms with E-state index in [2.05, 4.69) is 20.3 Å². The van der Waals surface area contributed by atoms with Crippen LogP contribution in [0.3, 0.4) is 0 Å². The highest BCUT2D eigenvalue weighted by molar-refractivity contribution is 6.31. The van der Waals surface area contributed by atoms with Crippen molar-refractivity contribution >= 4 is 35.5 Å². The average Bonchev–Trinajstić information content (AvgIpc) is 2.89. The first-order valence-corrected chi connectivity index (χ1v) is 8.53. The van der Waals surface area contributed by atoms with Crippen LogP contribution >= 0.6 is 11.6 Å². The first kappa shape index (κ1) is 18.5. The van der Waals surface area contributed by atoms with Crippen LogP contribution in [0.4, 0.5) is 11.8 Å². The average molecular weight is 378 g/mol. The number of hydrogen-bond acceptors (Lipinski definition) is 8. The Hall–Kier alpha value is -2.26. The lowest BCUT2D eigenvalue weighted by molar-refractivity contribution is 0.00445. The van der Waals surface area contributed by atoms with Crippen LogP contribution in [-0.2, 0) is 0 Å². The molecule has 0 radical (unpaired) electrons. The second-order valence-electron chi connectivity index (χ2n) is 6.13. The van der Waals surface area contributed by atoms with E-state index in [1.165, 1.54) is 0 Å². The first-order valence-electron chi connectivity index (χ1n) is 8.15. The summed E-state index contributed by atoms with van der Waals surface area (Å²) in [5.74, 6) is -0.0894. The standard InChI is InChI=1S/C17H20ClN5O3/c18-15-11(5-4-10-3-1-2-6-20-10)16(23-17(19)22-15)21-12-7-9(8-24)13(25)14(12)26/h1-6,9,12-14,24-26H,7-8H2,(H3,19,21,22,23)/b5-4+/t9-,12-,13-,14+/m1/s1. The summed E-state index contributed by atoms with van der Waals surface area (Å²) < 4.78 is 0. The molecule has 1 aliphatic carbocycles. The molecule has 9 heteroatoms. The van der Waals surface area contributed by atoms with Crippen LogP contribution in [0.25, 0.3) is 12.2 Å². The van der Waals surface area contributed by atoms with E-state index in [9.17, 15) is 15.3 Å². The molecule has 0 aromatic carbocycles. The fraction of sp³-hybridized carbons (Fsp3) is 0.353. The Morgan fingerprint density at radius 3 is 2.69 bits per heavy atom. The summed E-state index contributed by atoms with van der Waals surface area (Å²) in [5, 5.41) is 32.7. The number of aliphatic hydroxyl groups is 3. The second kappa shape index (κ2) is 7.96. The summed E-state index contributed by atoms with van der Waals surface area (Å²) in [4.78, 5) is 12.3. The number of nitrogens with two attached hydrogens (primary N) is 1. The van der Waals surface area contributed by atoms with Crippen LogP contribution in [0.2, 0.25) is 5.15 Å². The molecule has 2 aromatic rings. The molecule has 3 rings (SSSR count). The van der Waals surface area contributed by atoms with Gasteiger partial charge in [-0.2, -0.15) is 4.98 Å². The highest BCUT2D eigenvalue weighted by Gasteiger charge is 2.41. The predicted molar refractivity (Wildman–Crippen MR) is 99.2 cm³/mol. The lowest BCUT2D eigenvalue weighted by Crippen LogP contribution is -2.35. The summed E-state index contributed by atoms with van der Waals surface area (Å²) in [6, 6.07) is 5.00. The van der Waals surface area contributed by atoms with Crippen LogP contribution < -0.4 is 11.1 Å². The summed E-state index contributed by atoms with van der Waals surface area (Å²) in [6.45, 7) is -0.213. The van der Waals surface area contributed by atoms with E-state index in [1.54, 1.807) is 18.3 Å². The van der Waals surface area contributed by atoms with Gasteiger partial charge in [0.2, 0.25) is 5.95 Å². The molecule has 0 unspecified atom stereocenters. The fourth-order valence-electron chi connectivity index (χ4n) is 2.98. The smallest absolute Gasteiger partial charge is 0.223 e. The number of pyridine rings is 1. The Balaban J connectivity index is 1.88. The molecule has 0 bridgehead atoms. The molecule has 8 nitrogen and oxygen atoms in total. The van der Waals surface area contributed by atoms with Gasteiger partial charge in [-0.3, -0.25) is 4.98 Å². The van der Waals surface area contributed by atoms with Gasteiger partial charge in [-0.25, -0.2) is 4.98 Å². The number of nitrogen functional groups attached to an aromatic ring is 1. The maximum atomic E-state index is 10.2. The first-order chi connectivity index (χ1) is 12.5. The minimum Gasteiger partial charge on any atom is -0.396 e. The molecular weight excluding hydrogens is 358 g/mol. The predicted octanol–water partition coefficient (Wildman–Crippen LogP) is 0.792. The number of hydrogen-bond donors (Lipinski definition) is 5. The van der Waals surface area contributed by atoms with Gasteiger partial charge in [0.05, 0.1) is 23.4 Å². The number of aromatic nitrogens is 3. The third-order valence-electron chi connectivity index (χ3n) is 4.38. The van der Waals surface area contributed by atoms with E-state index in [4.69, 9.17) is 17.3 Å². The molecule has 1 fully saturated rings. The Kier molecular flexibility index (Phi) is 5.67. The number of anilines is 2. The molecular formula is C17H20ClN5O3. The number of rotatable bonds is 5. The van der Waals surface area contributed by atoms with Crippen molar-refractivity contribution in [2.24, 2.45) is 5.92 Å². The molecule has 0 aliphatic heterocycles. The monoisotopic (exact) mass is 377 g/mol. The van der Waals surface area contributed by atoms with Gasteiger partial charge in [-0.05, 0) is 30.7 Å². The molecule has 0 amide bonds. The van der Waals surface area contributed by atoms with E-state index in [-0.39, 0.29) is 17.7 Å². The van der Waals surface area contributed by atoms with Gasteiger partial charge in [-0.1, -0.05) is 17.7 Å². The molecule has 2 heterocycles. The van der Waals surface area contributed by atoms with Crippen molar-refractivity contribution in [2.45, 2.75) is 24.7 Å². The number of nitrogens with one attached hydrogen (secondary N) is 1. The van der Waals surface area contributed by atoms with E-state index in [0.717, 1.165) is 5.69 Å². The molecule has 0 saturated heterocycles. The zero-order valence-corrected chi connectivity index (χ0v) is 14.6. The Bertz CT molecular complexity index is 789. The second-order valence-corrected chi connectivity index (χ2v) is 6.49. The zero-order valence-electron chi connectivity index (χ0n) is 13.8. The van der Waals surface area contributed by atoms with Crippen molar-refractivity contribution < 1.29 is 15.3 Å². The van der Waals surface area contributed by atoms with Crippen molar-refractivity contribution in [3.8, 4) is 0 Å². The quantitative estimate of drug-likeness (QED) is 0.482. The van der Waals surface area contributed by atoms with Gasteiger partial charge in [0.25, 0.3) is 0 Å². The van der Waals surface area contributed by atoms with Gasteiger partial charge < -0.3 is 26.4 Å². The lowest BCUT2D eigenvalue weighted by atomic mass is 10.1. The van der Waals surface area contributed by atoms with Crippen molar-refractivity contribution in [1.29, 1.82) is 0 Å². The highest BCUT2D eigenvalue weighted by Crippen LogP contribution is 2.31. The highest BCUT2D eigenvalue weighted by atomic mass is 35.5. The summed E-state index contributed by atoms with van der Waals surface area (Å²) in [5.41, 5.74) is 6.90. The molecule has 1 aliphatic rings. The Morgan fingerprint density at radius 2 is 2.04 bits per heavy atom. The Morgan fingerprint density at radius 1 is 1.23 bits per heavy atom. The van der Waals surface area contributed by atoms with E-state index >= 15 is 0 Å². The third-order valence-corrected chi connectivity index (χ3v) is 4.67. The van der Waals surface area contributed by atoms with Crippen LogP contribution in [0.15, 0.2) is 24.4 Å². The van der Waals surface area contributed by atoms with Crippen LogP contribution in [-0.4, -0.2) is 55.1 Å². The Labute approximate surface area is 155 Å². The summed E-state index contributed by atoms with van der Waals surface area (Å²) in [6.07, 6.45) is 3.44. The maximum absolute atomic E-state index is 10.2.